The minimum Gasteiger partial charge on any atom is -0.356 e. The van der Waals surface area contributed by atoms with E-state index in [9.17, 15) is 4.79 Å². The second kappa shape index (κ2) is 7.28. The predicted molar refractivity (Wildman–Crippen MR) is 78.6 cm³/mol. The van der Waals surface area contributed by atoms with Crippen LogP contribution in [0.5, 0.6) is 0 Å². The summed E-state index contributed by atoms with van der Waals surface area (Å²) in [6.07, 6.45) is 9.97. The Morgan fingerprint density at radius 1 is 1.21 bits per heavy atom. The zero-order valence-corrected chi connectivity index (χ0v) is 12.4. The van der Waals surface area contributed by atoms with Crippen LogP contribution in [0.3, 0.4) is 0 Å². The van der Waals surface area contributed by atoms with Crippen molar-refractivity contribution < 1.29 is 4.79 Å². The third-order valence-electron chi connectivity index (χ3n) is 5.20. The van der Waals surface area contributed by atoms with Gasteiger partial charge in [-0.3, -0.25) is 4.79 Å². The van der Waals surface area contributed by atoms with E-state index in [-0.39, 0.29) is 11.8 Å². The van der Waals surface area contributed by atoms with Crippen molar-refractivity contribution in [3.8, 4) is 0 Å². The number of hydrogen-bond donors (Lipinski definition) is 2. The van der Waals surface area contributed by atoms with Crippen LogP contribution in [0.15, 0.2) is 0 Å². The third kappa shape index (κ3) is 4.20. The number of rotatable bonds is 5. The van der Waals surface area contributed by atoms with Crippen molar-refractivity contribution in [1.82, 2.24) is 5.32 Å². The van der Waals surface area contributed by atoms with Crippen LogP contribution in [0, 0.1) is 23.7 Å². The van der Waals surface area contributed by atoms with Crippen LogP contribution in [0.4, 0.5) is 0 Å². The van der Waals surface area contributed by atoms with Crippen LogP contribution in [0.25, 0.3) is 0 Å². The highest BCUT2D eigenvalue weighted by Crippen LogP contribution is 2.32. The molecule has 0 bridgehead atoms. The van der Waals surface area contributed by atoms with E-state index in [4.69, 9.17) is 5.73 Å². The van der Waals surface area contributed by atoms with Crippen LogP contribution in [-0.2, 0) is 4.79 Å². The van der Waals surface area contributed by atoms with Crippen molar-refractivity contribution in [3.05, 3.63) is 0 Å². The molecule has 0 saturated heterocycles. The topological polar surface area (TPSA) is 55.1 Å². The highest BCUT2D eigenvalue weighted by atomic mass is 16.1. The van der Waals surface area contributed by atoms with Gasteiger partial charge in [0, 0.05) is 12.5 Å². The molecular formula is C16H30N2O. The van der Waals surface area contributed by atoms with E-state index < -0.39 is 0 Å². The average Bonchev–Trinajstić information content (AvgIpc) is 2.87. The van der Waals surface area contributed by atoms with Crippen LogP contribution in [-0.4, -0.2) is 19.0 Å². The Bertz CT molecular complexity index is 292. The Kier molecular flexibility index (Phi) is 5.68. The fourth-order valence-electron chi connectivity index (χ4n) is 4.02. The molecule has 2 rings (SSSR count). The predicted octanol–water partition coefficient (Wildman–Crippen LogP) is 2.69. The quantitative estimate of drug-likeness (QED) is 0.804. The van der Waals surface area contributed by atoms with Gasteiger partial charge in [0.2, 0.25) is 5.91 Å². The van der Waals surface area contributed by atoms with E-state index in [0.717, 1.165) is 37.6 Å². The summed E-state index contributed by atoms with van der Waals surface area (Å²) in [6.45, 7) is 3.89. The number of carbonyl (C=O) groups is 1. The van der Waals surface area contributed by atoms with Crippen LogP contribution >= 0.6 is 0 Å². The summed E-state index contributed by atoms with van der Waals surface area (Å²) >= 11 is 0. The molecule has 0 heterocycles. The number of carbonyl (C=O) groups excluding carboxylic acids is 1. The van der Waals surface area contributed by atoms with Gasteiger partial charge < -0.3 is 11.1 Å². The standard InChI is InChI=1S/C16H30N2O/c1-12-4-2-5-13(10-12)8-9-18-16(19)15-7-3-6-14(15)11-17/h12-15H,2-11,17H2,1H3,(H,18,19). The maximum Gasteiger partial charge on any atom is 0.223 e. The highest BCUT2D eigenvalue weighted by Gasteiger charge is 2.31. The second-order valence-electron chi connectivity index (χ2n) is 6.75. The van der Waals surface area contributed by atoms with Gasteiger partial charge in [0.25, 0.3) is 0 Å². The van der Waals surface area contributed by atoms with Crippen molar-refractivity contribution in [3.63, 3.8) is 0 Å². The minimum atomic E-state index is 0.190. The number of hydrogen-bond acceptors (Lipinski definition) is 2. The summed E-state index contributed by atoms with van der Waals surface area (Å²) in [5, 5.41) is 3.16. The Hall–Kier alpha value is -0.570. The van der Waals surface area contributed by atoms with Crippen LogP contribution < -0.4 is 11.1 Å². The molecule has 0 spiro atoms. The molecule has 3 heteroatoms. The van der Waals surface area contributed by atoms with Crippen molar-refractivity contribution in [1.29, 1.82) is 0 Å². The molecule has 4 atom stereocenters. The van der Waals surface area contributed by atoms with Crippen molar-refractivity contribution in [2.75, 3.05) is 13.1 Å². The van der Waals surface area contributed by atoms with Crippen molar-refractivity contribution in [2.45, 2.75) is 58.3 Å². The van der Waals surface area contributed by atoms with Crippen molar-refractivity contribution in [2.24, 2.45) is 29.4 Å². The molecule has 3 N–H and O–H groups in total. The monoisotopic (exact) mass is 266 g/mol. The Balaban J connectivity index is 1.66. The largest absolute Gasteiger partial charge is 0.356 e. The summed E-state index contributed by atoms with van der Waals surface area (Å²) in [5.41, 5.74) is 5.74. The molecule has 0 aliphatic heterocycles. The van der Waals surface area contributed by atoms with Gasteiger partial charge in [-0.15, -0.1) is 0 Å². The molecule has 110 valence electrons. The molecule has 2 fully saturated rings. The van der Waals surface area contributed by atoms with Gasteiger partial charge >= 0.3 is 0 Å². The summed E-state index contributed by atoms with van der Waals surface area (Å²) in [6, 6.07) is 0. The fraction of sp³-hybridized carbons (Fsp3) is 0.938. The number of nitrogens with one attached hydrogen (secondary N) is 1. The lowest BCUT2D eigenvalue weighted by atomic mass is 9.81. The Morgan fingerprint density at radius 2 is 2.00 bits per heavy atom. The Morgan fingerprint density at radius 3 is 2.74 bits per heavy atom. The number of nitrogens with two attached hydrogens (primary N) is 1. The molecule has 4 unspecified atom stereocenters. The Labute approximate surface area is 117 Å². The maximum absolute atomic E-state index is 12.2. The van der Waals surface area contributed by atoms with E-state index in [2.05, 4.69) is 12.2 Å². The van der Waals surface area contributed by atoms with Gasteiger partial charge in [0.15, 0.2) is 0 Å². The molecule has 2 aliphatic rings. The van der Waals surface area contributed by atoms with E-state index in [0.29, 0.717) is 12.5 Å². The molecule has 19 heavy (non-hydrogen) atoms. The first-order valence-corrected chi connectivity index (χ1v) is 8.18. The minimum absolute atomic E-state index is 0.190. The maximum atomic E-state index is 12.2. The summed E-state index contributed by atoms with van der Waals surface area (Å²) in [7, 11) is 0. The van der Waals surface area contributed by atoms with Crippen LogP contribution in [0.1, 0.15) is 58.3 Å². The summed E-state index contributed by atoms with van der Waals surface area (Å²) < 4.78 is 0. The fourth-order valence-corrected chi connectivity index (χ4v) is 4.02. The zero-order chi connectivity index (χ0) is 13.7. The van der Waals surface area contributed by atoms with Gasteiger partial charge in [-0.2, -0.15) is 0 Å². The molecule has 1 amide bonds. The van der Waals surface area contributed by atoms with E-state index in [1.54, 1.807) is 0 Å². The average molecular weight is 266 g/mol. The van der Waals surface area contributed by atoms with Gasteiger partial charge in [-0.25, -0.2) is 0 Å². The molecule has 0 radical (unpaired) electrons. The molecular weight excluding hydrogens is 236 g/mol. The first-order chi connectivity index (χ1) is 9.20. The number of amides is 1. The smallest absolute Gasteiger partial charge is 0.223 e. The third-order valence-corrected chi connectivity index (χ3v) is 5.20. The molecule has 2 saturated carbocycles. The molecule has 3 nitrogen and oxygen atoms in total. The summed E-state index contributed by atoms with van der Waals surface area (Å²) in [4.78, 5) is 12.2. The SMILES string of the molecule is CC1CCCC(CCNC(=O)C2CCCC2CN)C1. The first kappa shape index (κ1) is 14.8. The van der Waals surface area contributed by atoms with Crippen molar-refractivity contribution >= 4 is 5.91 Å². The first-order valence-electron chi connectivity index (χ1n) is 8.18. The van der Waals surface area contributed by atoms with Crippen LogP contribution in [0.2, 0.25) is 0 Å². The second-order valence-corrected chi connectivity index (χ2v) is 6.75. The van der Waals surface area contributed by atoms with E-state index in [1.165, 1.54) is 32.1 Å². The van der Waals surface area contributed by atoms with E-state index >= 15 is 0 Å². The molecule has 0 aromatic rings. The van der Waals surface area contributed by atoms with Gasteiger partial charge in [-0.05, 0) is 50.0 Å². The van der Waals surface area contributed by atoms with Gasteiger partial charge in [0.1, 0.15) is 0 Å². The lowest BCUT2D eigenvalue weighted by Crippen LogP contribution is -2.36. The molecule has 0 aromatic carbocycles. The van der Waals surface area contributed by atoms with Gasteiger partial charge in [0.05, 0.1) is 0 Å². The normalized spacial score (nSPS) is 35.3. The van der Waals surface area contributed by atoms with E-state index in [1.807, 2.05) is 0 Å². The molecule has 0 aromatic heterocycles. The highest BCUT2D eigenvalue weighted by molar-refractivity contribution is 5.79. The zero-order valence-electron chi connectivity index (χ0n) is 12.4. The van der Waals surface area contributed by atoms with Gasteiger partial charge in [-0.1, -0.05) is 32.6 Å². The summed E-state index contributed by atoms with van der Waals surface area (Å²) in [5.74, 6) is 2.59. The molecule has 2 aliphatic carbocycles. The lowest BCUT2D eigenvalue weighted by molar-refractivity contribution is -0.126. The lowest BCUT2D eigenvalue weighted by Gasteiger charge is -2.27.